The number of nitrogens with one attached hydrogen (secondary N) is 1. The van der Waals surface area contributed by atoms with Gasteiger partial charge in [-0.15, -0.1) is 0 Å². The summed E-state index contributed by atoms with van der Waals surface area (Å²) in [6, 6.07) is 11.9. The molecule has 0 radical (unpaired) electrons. The number of nitrogens with zero attached hydrogens (tertiary/aromatic N) is 3. The predicted molar refractivity (Wildman–Crippen MR) is 103 cm³/mol. The number of hydrogen-bond donors (Lipinski definition) is 1. The second-order valence-electron chi connectivity index (χ2n) is 6.65. The lowest BCUT2D eigenvalue weighted by molar-refractivity contribution is -0.120. The Balaban J connectivity index is 1.39. The van der Waals surface area contributed by atoms with Crippen LogP contribution in [0.3, 0.4) is 0 Å². The molecule has 6 heteroatoms. The summed E-state index contributed by atoms with van der Waals surface area (Å²) in [6.07, 6.45) is 5.12. The van der Waals surface area contributed by atoms with Gasteiger partial charge in [0.15, 0.2) is 0 Å². The van der Waals surface area contributed by atoms with E-state index in [4.69, 9.17) is 4.42 Å². The van der Waals surface area contributed by atoms with Crippen molar-refractivity contribution < 1.29 is 9.21 Å². The SMILES string of the molecule is Cc1cc2occ(CC(=O)NCc3ccc(-n4cncn4)cc3)c2cc1C. The zero-order valence-electron chi connectivity index (χ0n) is 15.3. The van der Waals surface area contributed by atoms with E-state index in [9.17, 15) is 4.79 Å². The molecule has 6 nitrogen and oxygen atoms in total. The van der Waals surface area contributed by atoms with Gasteiger partial charge in [-0.05, 0) is 54.8 Å². The lowest BCUT2D eigenvalue weighted by Crippen LogP contribution is -2.24. The Kier molecular flexibility index (Phi) is 4.46. The first-order chi connectivity index (χ1) is 13.1. The molecule has 2 aromatic carbocycles. The maximum absolute atomic E-state index is 12.4. The largest absolute Gasteiger partial charge is 0.464 e. The number of benzene rings is 2. The van der Waals surface area contributed by atoms with Gasteiger partial charge in [-0.3, -0.25) is 4.79 Å². The molecule has 0 aliphatic heterocycles. The summed E-state index contributed by atoms with van der Waals surface area (Å²) in [5.41, 5.74) is 6.06. The number of rotatable bonds is 5. The summed E-state index contributed by atoms with van der Waals surface area (Å²) in [6.45, 7) is 4.59. The van der Waals surface area contributed by atoms with Crippen molar-refractivity contribution in [3.63, 3.8) is 0 Å². The third-order valence-corrected chi connectivity index (χ3v) is 4.73. The molecule has 4 aromatic rings. The van der Waals surface area contributed by atoms with Crippen LogP contribution in [0.25, 0.3) is 16.7 Å². The van der Waals surface area contributed by atoms with Crippen LogP contribution in [0.15, 0.2) is 59.7 Å². The van der Waals surface area contributed by atoms with Gasteiger partial charge in [0, 0.05) is 17.5 Å². The molecule has 0 atom stereocenters. The van der Waals surface area contributed by atoms with Gasteiger partial charge in [-0.25, -0.2) is 9.67 Å². The van der Waals surface area contributed by atoms with Gasteiger partial charge in [0.05, 0.1) is 18.4 Å². The number of carbonyl (C=O) groups excluding carboxylic acids is 1. The van der Waals surface area contributed by atoms with Crippen molar-refractivity contribution in [2.24, 2.45) is 0 Å². The molecule has 0 spiro atoms. The number of furan rings is 1. The second-order valence-corrected chi connectivity index (χ2v) is 6.65. The zero-order valence-corrected chi connectivity index (χ0v) is 15.3. The van der Waals surface area contributed by atoms with E-state index >= 15 is 0 Å². The number of aryl methyl sites for hydroxylation is 2. The normalized spacial score (nSPS) is 11.0. The van der Waals surface area contributed by atoms with Crippen molar-refractivity contribution in [1.82, 2.24) is 20.1 Å². The van der Waals surface area contributed by atoms with E-state index in [1.54, 1.807) is 17.3 Å². The van der Waals surface area contributed by atoms with Gasteiger partial charge in [0.1, 0.15) is 18.2 Å². The Morgan fingerprint density at radius 1 is 1.15 bits per heavy atom. The van der Waals surface area contributed by atoms with Crippen LogP contribution in [0.5, 0.6) is 0 Å². The van der Waals surface area contributed by atoms with Gasteiger partial charge in [-0.1, -0.05) is 12.1 Å². The minimum atomic E-state index is -0.0312. The molecule has 4 rings (SSSR count). The first-order valence-corrected chi connectivity index (χ1v) is 8.78. The van der Waals surface area contributed by atoms with E-state index in [0.29, 0.717) is 13.0 Å². The quantitative estimate of drug-likeness (QED) is 0.591. The predicted octanol–water partition coefficient (Wildman–Crippen LogP) is 3.49. The van der Waals surface area contributed by atoms with Crippen LogP contribution in [-0.2, 0) is 17.8 Å². The molecular weight excluding hydrogens is 340 g/mol. The summed E-state index contributed by atoms with van der Waals surface area (Å²) in [5, 5.41) is 8.07. The highest BCUT2D eigenvalue weighted by Crippen LogP contribution is 2.25. The smallest absolute Gasteiger partial charge is 0.224 e. The summed E-state index contributed by atoms with van der Waals surface area (Å²) >= 11 is 0. The van der Waals surface area contributed by atoms with Crippen molar-refractivity contribution in [3.05, 3.63) is 77.6 Å². The molecule has 0 aliphatic carbocycles. The molecular formula is C21H20N4O2. The van der Waals surface area contributed by atoms with E-state index in [2.05, 4.69) is 35.3 Å². The van der Waals surface area contributed by atoms with Crippen molar-refractivity contribution in [3.8, 4) is 5.69 Å². The van der Waals surface area contributed by atoms with Crippen LogP contribution < -0.4 is 5.32 Å². The summed E-state index contributed by atoms with van der Waals surface area (Å²) in [5.74, 6) is -0.0312. The van der Waals surface area contributed by atoms with Crippen molar-refractivity contribution >= 4 is 16.9 Å². The highest BCUT2D eigenvalue weighted by atomic mass is 16.3. The van der Waals surface area contributed by atoms with Crippen molar-refractivity contribution in [2.75, 3.05) is 0 Å². The molecule has 1 N–H and O–H groups in total. The Morgan fingerprint density at radius 2 is 1.93 bits per heavy atom. The minimum absolute atomic E-state index is 0.0312. The van der Waals surface area contributed by atoms with E-state index in [0.717, 1.165) is 27.8 Å². The molecule has 0 saturated heterocycles. The fraction of sp³-hybridized carbons (Fsp3) is 0.190. The molecule has 0 aliphatic rings. The number of hydrogen-bond acceptors (Lipinski definition) is 4. The average Bonchev–Trinajstić information content (AvgIpc) is 3.32. The van der Waals surface area contributed by atoms with Gasteiger partial charge in [0.25, 0.3) is 0 Å². The summed E-state index contributed by atoms with van der Waals surface area (Å²) in [7, 11) is 0. The maximum atomic E-state index is 12.4. The van der Waals surface area contributed by atoms with Crippen LogP contribution in [0.2, 0.25) is 0 Å². The summed E-state index contributed by atoms with van der Waals surface area (Å²) < 4.78 is 7.29. The molecule has 0 fully saturated rings. The highest BCUT2D eigenvalue weighted by molar-refractivity contribution is 5.88. The van der Waals surface area contributed by atoms with E-state index in [-0.39, 0.29) is 5.91 Å². The second kappa shape index (κ2) is 7.07. The average molecular weight is 360 g/mol. The number of amides is 1. The molecule has 0 bridgehead atoms. The van der Waals surface area contributed by atoms with Crippen LogP contribution in [-0.4, -0.2) is 20.7 Å². The molecule has 0 unspecified atom stereocenters. The highest BCUT2D eigenvalue weighted by Gasteiger charge is 2.11. The number of aromatic nitrogens is 3. The maximum Gasteiger partial charge on any atom is 0.224 e. The topological polar surface area (TPSA) is 73.0 Å². The fourth-order valence-electron chi connectivity index (χ4n) is 3.02. The number of fused-ring (bicyclic) bond motifs is 1. The Bertz CT molecular complexity index is 1080. The molecule has 136 valence electrons. The van der Waals surface area contributed by atoms with Crippen LogP contribution in [0, 0.1) is 13.8 Å². The van der Waals surface area contributed by atoms with Gasteiger partial charge in [0.2, 0.25) is 5.91 Å². The van der Waals surface area contributed by atoms with Crippen molar-refractivity contribution in [2.45, 2.75) is 26.8 Å². The lowest BCUT2D eigenvalue weighted by Gasteiger charge is -2.06. The third kappa shape index (κ3) is 3.60. The van der Waals surface area contributed by atoms with Crippen LogP contribution >= 0.6 is 0 Å². The lowest BCUT2D eigenvalue weighted by atomic mass is 10.0. The van der Waals surface area contributed by atoms with E-state index in [1.807, 2.05) is 30.3 Å². The molecule has 2 heterocycles. The van der Waals surface area contributed by atoms with E-state index in [1.165, 1.54) is 17.5 Å². The summed E-state index contributed by atoms with van der Waals surface area (Å²) in [4.78, 5) is 16.3. The fourth-order valence-corrected chi connectivity index (χ4v) is 3.02. The van der Waals surface area contributed by atoms with Gasteiger partial charge < -0.3 is 9.73 Å². The molecule has 2 aromatic heterocycles. The van der Waals surface area contributed by atoms with Crippen molar-refractivity contribution in [1.29, 1.82) is 0 Å². The van der Waals surface area contributed by atoms with Gasteiger partial charge >= 0.3 is 0 Å². The monoisotopic (exact) mass is 360 g/mol. The zero-order chi connectivity index (χ0) is 18.8. The Hall–Kier alpha value is -3.41. The Labute approximate surface area is 156 Å². The first-order valence-electron chi connectivity index (χ1n) is 8.78. The van der Waals surface area contributed by atoms with E-state index < -0.39 is 0 Å². The molecule has 0 saturated carbocycles. The van der Waals surface area contributed by atoms with Crippen LogP contribution in [0.1, 0.15) is 22.3 Å². The third-order valence-electron chi connectivity index (χ3n) is 4.73. The number of carbonyl (C=O) groups is 1. The standard InChI is InChI=1S/C21H20N4O2/c1-14-7-19-17(11-27-20(19)8-15(14)2)9-21(26)23-10-16-3-5-18(6-4-16)25-13-22-12-24-25/h3-8,11-13H,9-10H2,1-2H3,(H,23,26). The first kappa shape index (κ1) is 17.0. The van der Waals surface area contributed by atoms with Crippen LogP contribution in [0.4, 0.5) is 0 Å². The molecule has 27 heavy (non-hydrogen) atoms. The minimum Gasteiger partial charge on any atom is -0.464 e. The Morgan fingerprint density at radius 3 is 2.67 bits per heavy atom. The van der Waals surface area contributed by atoms with Gasteiger partial charge in [-0.2, -0.15) is 5.10 Å². The molecule has 1 amide bonds.